The minimum absolute atomic E-state index is 0.00297. The Hall–Kier alpha value is -1.80. The van der Waals surface area contributed by atoms with Crippen molar-refractivity contribution >= 4 is 17.4 Å². The number of hydrogen-bond acceptors (Lipinski definition) is 2. The molecule has 0 spiro atoms. The molecule has 0 bridgehead atoms. The van der Waals surface area contributed by atoms with Crippen LogP contribution in [0.3, 0.4) is 0 Å². The molecule has 0 aliphatic heterocycles. The molecule has 0 amide bonds. The Labute approximate surface area is 118 Å². The molecule has 19 heavy (non-hydrogen) atoms. The summed E-state index contributed by atoms with van der Waals surface area (Å²) in [4.78, 5) is 12.3. The number of aryl methyl sites for hydroxylation is 1. The zero-order valence-corrected chi connectivity index (χ0v) is 11.7. The minimum Gasteiger partial charge on any atom is -0.496 e. The summed E-state index contributed by atoms with van der Waals surface area (Å²) in [5.74, 6) is 0.560. The Balaban J connectivity index is 2.24. The van der Waals surface area contributed by atoms with Crippen molar-refractivity contribution in [1.29, 1.82) is 0 Å². The quantitative estimate of drug-likeness (QED) is 0.785. The first kappa shape index (κ1) is 13.6. The molecule has 2 nitrogen and oxygen atoms in total. The third-order valence-corrected chi connectivity index (χ3v) is 3.18. The first-order valence-electron chi connectivity index (χ1n) is 6.02. The molecular weight excluding hydrogens is 260 g/mol. The highest BCUT2D eigenvalue weighted by molar-refractivity contribution is 6.31. The van der Waals surface area contributed by atoms with Gasteiger partial charge in [-0.25, -0.2) is 0 Å². The van der Waals surface area contributed by atoms with Gasteiger partial charge in [0.05, 0.1) is 12.7 Å². The molecule has 0 radical (unpaired) electrons. The summed E-state index contributed by atoms with van der Waals surface area (Å²) in [6.45, 7) is 2.02. The van der Waals surface area contributed by atoms with E-state index in [0.717, 1.165) is 5.56 Å². The number of benzene rings is 2. The van der Waals surface area contributed by atoms with Crippen molar-refractivity contribution in [2.75, 3.05) is 7.11 Å². The number of carbonyl (C=O) groups is 1. The van der Waals surface area contributed by atoms with Crippen LogP contribution in [-0.2, 0) is 6.42 Å². The average molecular weight is 275 g/mol. The number of ketones is 1. The summed E-state index contributed by atoms with van der Waals surface area (Å²) in [5, 5.41) is 0.535. The fourth-order valence-electron chi connectivity index (χ4n) is 1.88. The smallest absolute Gasteiger partial charge is 0.171 e. The highest BCUT2D eigenvalue weighted by atomic mass is 35.5. The van der Waals surface area contributed by atoms with E-state index in [1.54, 1.807) is 25.3 Å². The van der Waals surface area contributed by atoms with Crippen molar-refractivity contribution in [2.24, 2.45) is 0 Å². The largest absolute Gasteiger partial charge is 0.496 e. The van der Waals surface area contributed by atoms with Crippen LogP contribution >= 0.6 is 11.6 Å². The van der Waals surface area contributed by atoms with Crippen molar-refractivity contribution in [3.05, 3.63) is 64.2 Å². The summed E-state index contributed by atoms with van der Waals surface area (Å²) in [6.07, 6.45) is 0.344. The molecule has 0 aromatic heterocycles. The first-order chi connectivity index (χ1) is 9.10. The lowest BCUT2D eigenvalue weighted by atomic mass is 10.0. The summed E-state index contributed by atoms with van der Waals surface area (Å²) in [7, 11) is 1.55. The van der Waals surface area contributed by atoms with Gasteiger partial charge >= 0.3 is 0 Å². The monoisotopic (exact) mass is 274 g/mol. The average Bonchev–Trinajstić information content (AvgIpc) is 2.41. The number of ether oxygens (including phenoxy) is 1. The second-order valence-electron chi connectivity index (χ2n) is 4.43. The van der Waals surface area contributed by atoms with Crippen LogP contribution in [0.1, 0.15) is 21.5 Å². The Bertz CT molecular complexity index is 588. The standard InChI is InChI=1S/C16H15ClO2/c1-11-3-5-12(6-4-11)9-15(18)14-10-13(17)7-8-16(14)19-2/h3-8,10H,9H2,1-2H3. The second kappa shape index (κ2) is 5.89. The van der Waals surface area contributed by atoms with E-state index in [1.165, 1.54) is 5.56 Å². The molecule has 0 fully saturated rings. The molecule has 0 N–H and O–H groups in total. The van der Waals surface area contributed by atoms with E-state index in [0.29, 0.717) is 22.8 Å². The number of hydrogen-bond donors (Lipinski definition) is 0. The number of rotatable bonds is 4. The lowest BCUT2D eigenvalue weighted by Gasteiger charge is -2.08. The summed E-state index contributed by atoms with van der Waals surface area (Å²) < 4.78 is 5.20. The predicted molar refractivity (Wildman–Crippen MR) is 77.2 cm³/mol. The maximum absolute atomic E-state index is 12.3. The Kier molecular flexibility index (Phi) is 4.23. The molecular formula is C16H15ClO2. The molecule has 0 saturated heterocycles. The maximum Gasteiger partial charge on any atom is 0.171 e. The summed E-state index contributed by atoms with van der Waals surface area (Å²) in [5.41, 5.74) is 2.68. The fourth-order valence-corrected chi connectivity index (χ4v) is 2.06. The van der Waals surface area contributed by atoms with Gasteiger partial charge in [0, 0.05) is 11.4 Å². The van der Waals surface area contributed by atoms with Crippen molar-refractivity contribution < 1.29 is 9.53 Å². The van der Waals surface area contributed by atoms with Gasteiger partial charge in [-0.3, -0.25) is 4.79 Å². The fraction of sp³-hybridized carbons (Fsp3) is 0.188. The second-order valence-corrected chi connectivity index (χ2v) is 4.87. The number of methoxy groups -OCH3 is 1. The van der Waals surface area contributed by atoms with Gasteiger partial charge in [-0.1, -0.05) is 41.4 Å². The van der Waals surface area contributed by atoms with E-state index in [2.05, 4.69) is 0 Å². The van der Waals surface area contributed by atoms with Crippen LogP contribution in [0.5, 0.6) is 5.75 Å². The zero-order chi connectivity index (χ0) is 13.8. The third-order valence-electron chi connectivity index (χ3n) is 2.95. The van der Waals surface area contributed by atoms with Gasteiger partial charge in [0.25, 0.3) is 0 Å². The molecule has 0 aliphatic carbocycles. The van der Waals surface area contributed by atoms with Gasteiger partial charge < -0.3 is 4.74 Å². The Morgan fingerprint density at radius 3 is 2.47 bits per heavy atom. The summed E-state index contributed by atoms with van der Waals surface area (Å²) >= 11 is 5.93. The molecule has 2 aromatic carbocycles. The third kappa shape index (κ3) is 3.36. The lowest BCUT2D eigenvalue weighted by Crippen LogP contribution is -2.05. The van der Waals surface area contributed by atoms with Gasteiger partial charge in [0.1, 0.15) is 5.75 Å². The van der Waals surface area contributed by atoms with Crippen LogP contribution < -0.4 is 4.74 Å². The normalized spacial score (nSPS) is 10.3. The highest BCUT2D eigenvalue weighted by Crippen LogP contribution is 2.24. The van der Waals surface area contributed by atoms with Crippen molar-refractivity contribution in [3.8, 4) is 5.75 Å². The van der Waals surface area contributed by atoms with E-state index >= 15 is 0 Å². The Morgan fingerprint density at radius 1 is 1.16 bits per heavy atom. The van der Waals surface area contributed by atoms with Crippen molar-refractivity contribution in [1.82, 2.24) is 0 Å². The van der Waals surface area contributed by atoms with Crippen molar-refractivity contribution in [2.45, 2.75) is 13.3 Å². The van der Waals surface area contributed by atoms with Gasteiger partial charge in [-0.15, -0.1) is 0 Å². The Morgan fingerprint density at radius 2 is 1.84 bits per heavy atom. The SMILES string of the molecule is COc1ccc(Cl)cc1C(=O)Cc1ccc(C)cc1. The van der Waals surface area contributed by atoms with E-state index in [-0.39, 0.29) is 5.78 Å². The molecule has 0 atom stereocenters. The lowest BCUT2D eigenvalue weighted by molar-refractivity contribution is 0.0990. The van der Waals surface area contributed by atoms with Crippen LogP contribution in [0.15, 0.2) is 42.5 Å². The van der Waals surface area contributed by atoms with Gasteiger partial charge in [-0.2, -0.15) is 0 Å². The predicted octanol–water partition coefficient (Wildman–Crippen LogP) is 4.08. The summed E-state index contributed by atoms with van der Waals surface area (Å²) in [6, 6.07) is 13.0. The minimum atomic E-state index is 0.00297. The van der Waals surface area contributed by atoms with E-state index in [9.17, 15) is 4.79 Å². The van der Waals surface area contributed by atoms with Crippen LogP contribution in [0, 0.1) is 6.92 Å². The van der Waals surface area contributed by atoms with E-state index < -0.39 is 0 Å². The van der Waals surface area contributed by atoms with Gasteiger partial charge in [0.15, 0.2) is 5.78 Å². The van der Waals surface area contributed by atoms with E-state index in [1.807, 2.05) is 31.2 Å². The molecule has 0 heterocycles. The van der Waals surface area contributed by atoms with Gasteiger partial charge in [0.2, 0.25) is 0 Å². The molecule has 0 aliphatic rings. The maximum atomic E-state index is 12.3. The topological polar surface area (TPSA) is 26.3 Å². The zero-order valence-electron chi connectivity index (χ0n) is 10.9. The van der Waals surface area contributed by atoms with E-state index in [4.69, 9.17) is 16.3 Å². The first-order valence-corrected chi connectivity index (χ1v) is 6.40. The van der Waals surface area contributed by atoms with Crippen LogP contribution in [0.25, 0.3) is 0 Å². The number of Topliss-reactive ketones (excluding diaryl/α,β-unsaturated/α-hetero) is 1. The van der Waals surface area contributed by atoms with Crippen LogP contribution in [0.2, 0.25) is 5.02 Å². The highest BCUT2D eigenvalue weighted by Gasteiger charge is 2.13. The van der Waals surface area contributed by atoms with Crippen molar-refractivity contribution in [3.63, 3.8) is 0 Å². The molecule has 0 saturated carbocycles. The van der Waals surface area contributed by atoms with Crippen LogP contribution in [-0.4, -0.2) is 12.9 Å². The van der Waals surface area contributed by atoms with Crippen LogP contribution in [0.4, 0.5) is 0 Å². The number of halogens is 1. The van der Waals surface area contributed by atoms with Gasteiger partial charge in [-0.05, 0) is 30.7 Å². The molecule has 3 heteroatoms. The molecule has 2 aromatic rings. The molecule has 2 rings (SSSR count). The molecule has 0 unspecified atom stereocenters. The molecule has 98 valence electrons. The number of carbonyl (C=O) groups excluding carboxylic acids is 1.